The van der Waals surface area contributed by atoms with Crippen molar-refractivity contribution >= 4 is 5.97 Å². The van der Waals surface area contributed by atoms with Crippen molar-refractivity contribution < 1.29 is 19.0 Å². The molecule has 0 unspecified atom stereocenters. The highest BCUT2D eigenvalue weighted by atomic mass is 19.1. The summed E-state index contributed by atoms with van der Waals surface area (Å²) in [6.07, 6.45) is 0. The van der Waals surface area contributed by atoms with Crippen molar-refractivity contribution in [3.63, 3.8) is 0 Å². The van der Waals surface area contributed by atoms with Gasteiger partial charge in [-0.05, 0) is 41.3 Å². The summed E-state index contributed by atoms with van der Waals surface area (Å²) in [7, 11) is 0. The minimum Gasteiger partial charge on any atom is -0.489 e. The van der Waals surface area contributed by atoms with Gasteiger partial charge in [0.2, 0.25) is 0 Å². The second-order valence-corrected chi connectivity index (χ2v) is 5.14. The second-order valence-electron chi connectivity index (χ2n) is 5.14. The van der Waals surface area contributed by atoms with Crippen LogP contribution in [0.3, 0.4) is 0 Å². The lowest BCUT2D eigenvalue weighted by molar-refractivity contribution is 0.0692. The molecular formula is C17H17FO3. The molecule has 4 heteroatoms. The van der Waals surface area contributed by atoms with Gasteiger partial charge in [0, 0.05) is 0 Å². The lowest BCUT2D eigenvalue weighted by atomic mass is 10.0. The van der Waals surface area contributed by atoms with Crippen LogP contribution in [0.5, 0.6) is 5.75 Å². The first kappa shape index (κ1) is 15.0. The SMILES string of the molecule is CC(C)c1cccc(OCc2ccc(C(=O)O)c(F)c2)c1. The molecule has 0 atom stereocenters. The summed E-state index contributed by atoms with van der Waals surface area (Å²) in [6, 6.07) is 11.7. The van der Waals surface area contributed by atoms with Gasteiger partial charge in [-0.15, -0.1) is 0 Å². The first-order valence-electron chi connectivity index (χ1n) is 6.72. The van der Waals surface area contributed by atoms with Crippen LogP contribution < -0.4 is 4.74 Å². The number of benzene rings is 2. The van der Waals surface area contributed by atoms with Gasteiger partial charge >= 0.3 is 5.97 Å². The molecule has 0 amide bonds. The summed E-state index contributed by atoms with van der Waals surface area (Å²) < 4.78 is 19.2. The highest BCUT2D eigenvalue weighted by Crippen LogP contribution is 2.21. The van der Waals surface area contributed by atoms with Gasteiger partial charge in [0.25, 0.3) is 0 Å². The number of aromatic carboxylic acids is 1. The van der Waals surface area contributed by atoms with Crippen molar-refractivity contribution in [2.75, 3.05) is 0 Å². The molecule has 0 aliphatic carbocycles. The first-order chi connectivity index (χ1) is 9.97. The minimum atomic E-state index is -1.27. The smallest absolute Gasteiger partial charge is 0.338 e. The van der Waals surface area contributed by atoms with Gasteiger partial charge in [-0.25, -0.2) is 9.18 Å². The number of hydrogen-bond acceptors (Lipinski definition) is 2. The van der Waals surface area contributed by atoms with Crippen LogP contribution in [-0.4, -0.2) is 11.1 Å². The Balaban J connectivity index is 2.08. The van der Waals surface area contributed by atoms with Crippen LogP contribution in [0, 0.1) is 5.82 Å². The topological polar surface area (TPSA) is 46.5 Å². The van der Waals surface area contributed by atoms with Crippen molar-refractivity contribution in [3.05, 3.63) is 65.0 Å². The van der Waals surface area contributed by atoms with Crippen molar-refractivity contribution in [1.29, 1.82) is 0 Å². The lowest BCUT2D eigenvalue weighted by Gasteiger charge is -2.10. The standard InChI is InChI=1S/C17H17FO3/c1-11(2)13-4-3-5-14(9-13)21-10-12-6-7-15(17(19)20)16(18)8-12/h3-9,11H,10H2,1-2H3,(H,19,20). The van der Waals surface area contributed by atoms with Gasteiger partial charge in [0.15, 0.2) is 0 Å². The van der Waals surface area contributed by atoms with E-state index in [-0.39, 0.29) is 12.2 Å². The quantitative estimate of drug-likeness (QED) is 0.895. The van der Waals surface area contributed by atoms with E-state index in [2.05, 4.69) is 13.8 Å². The molecule has 21 heavy (non-hydrogen) atoms. The van der Waals surface area contributed by atoms with Gasteiger partial charge < -0.3 is 9.84 Å². The molecule has 0 saturated heterocycles. The van der Waals surface area contributed by atoms with Crippen LogP contribution in [0.25, 0.3) is 0 Å². The van der Waals surface area contributed by atoms with E-state index in [9.17, 15) is 9.18 Å². The molecule has 0 bridgehead atoms. The molecule has 0 aromatic heterocycles. The average molecular weight is 288 g/mol. The Kier molecular flexibility index (Phi) is 4.58. The maximum atomic E-state index is 13.6. The fraction of sp³-hybridized carbons (Fsp3) is 0.235. The average Bonchev–Trinajstić information content (AvgIpc) is 2.45. The summed E-state index contributed by atoms with van der Waals surface area (Å²) in [5, 5.41) is 8.78. The summed E-state index contributed by atoms with van der Waals surface area (Å²) in [5.41, 5.74) is 1.42. The van der Waals surface area contributed by atoms with E-state index in [0.29, 0.717) is 17.2 Å². The zero-order valence-electron chi connectivity index (χ0n) is 12.0. The maximum absolute atomic E-state index is 13.6. The highest BCUT2D eigenvalue weighted by Gasteiger charge is 2.10. The summed E-state index contributed by atoms with van der Waals surface area (Å²) in [4.78, 5) is 10.7. The Morgan fingerprint density at radius 1 is 1.24 bits per heavy atom. The van der Waals surface area contributed by atoms with E-state index in [1.807, 2.05) is 24.3 Å². The fourth-order valence-electron chi connectivity index (χ4n) is 1.95. The molecule has 0 heterocycles. The van der Waals surface area contributed by atoms with Gasteiger partial charge in [-0.2, -0.15) is 0 Å². The van der Waals surface area contributed by atoms with Gasteiger partial charge in [-0.3, -0.25) is 0 Å². The van der Waals surface area contributed by atoms with Crippen LogP contribution in [0.2, 0.25) is 0 Å². The first-order valence-corrected chi connectivity index (χ1v) is 6.72. The summed E-state index contributed by atoms with van der Waals surface area (Å²) in [6.45, 7) is 4.39. The lowest BCUT2D eigenvalue weighted by Crippen LogP contribution is -2.03. The molecule has 2 aromatic rings. The molecule has 0 saturated carbocycles. The van der Waals surface area contributed by atoms with Crippen molar-refractivity contribution in [2.24, 2.45) is 0 Å². The zero-order valence-corrected chi connectivity index (χ0v) is 12.0. The molecular weight excluding hydrogens is 271 g/mol. The van der Waals surface area contributed by atoms with Crippen LogP contribution in [-0.2, 0) is 6.61 Å². The number of hydrogen-bond donors (Lipinski definition) is 1. The molecule has 0 aliphatic rings. The second kappa shape index (κ2) is 6.39. The van der Waals surface area contributed by atoms with E-state index < -0.39 is 11.8 Å². The Labute approximate surface area is 123 Å². The van der Waals surface area contributed by atoms with Crippen LogP contribution in [0.4, 0.5) is 4.39 Å². The van der Waals surface area contributed by atoms with Crippen LogP contribution in [0.1, 0.15) is 41.3 Å². The molecule has 0 fully saturated rings. The van der Waals surface area contributed by atoms with Gasteiger partial charge in [0.05, 0.1) is 5.56 Å². The molecule has 0 spiro atoms. The van der Waals surface area contributed by atoms with Crippen LogP contribution >= 0.6 is 0 Å². The Morgan fingerprint density at radius 2 is 2.00 bits per heavy atom. The Morgan fingerprint density at radius 3 is 2.62 bits per heavy atom. The van der Waals surface area contributed by atoms with Crippen molar-refractivity contribution in [2.45, 2.75) is 26.4 Å². The molecule has 0 aliphatic heterocycles. The normalized spacial score (nSPS) is 10.7. The number of halogens is 1. The predicted molar refractivity (Wildman–Crippen MR) is 78.2 cm³/mol. The summed E-state index contributed by atoms with van der Waals surface area (Å²) in [5.74, 6) is -0.908. The third kappa shape index (κ3) is 3.81. The number of carboxylic acids is 1. The van der Waals surface area contributed by atoms with Crippen molar-refractivity contribution in [3.8, 4) is 5.75 Å². The largest absolute Gasteiger partial charge is 0.489 e. The van der Waals surface area contributed by atoms with E-state index in [1.165, 1.54) is 17.7 Å². The molecule has 3 nitrogen and oxygen atoms in total. The van der Waals surface area contributed by atoms with E-state index in [0.717, 1.165) is 0 Å². The fourth-order valence-corrected chi connectivity index (χ4v) is 1.95. The van der Waals surface area contributed by atoms with Crippen molar-refractivity contribution in [1.82, 2.24) is 0 Å². The van der Waals surface area contributed by atoms with E-state index in [4.69, 9.17) is 9.84 Å². The van der Waals surface area contributed by atoms with Gasteiger partial charge in [-0.1, -0.05) is 32.0 Å². The highest BCUT2D eigenvalue weighted by molar-refractivity contribution is 5.87. The molecule has 1 N–H and O–H groups in total. The molecule has 2 rings (SSSR count). The number of carboxylic acid groups (broad SMARTS) is 1. The maximum Gasteiger partial charge on any atom is 0.338 e. The molecule has 2 aromatic carbocycles. The van der Waals surface area contributed by atoms with E-state index in [1.54, 1.807) is 6.07 Å². The van der Waals surface area contributed by atoms with Gasteiger partial charge in [0.1, 0.15) is 18.2 Å². The predicted octanol–water partition coefficient (Wildman–Crippen LogP) is 4.23. The van der Waals surface area contributed by atoms with Crippen LogP contribution in [0.15, 0.2) is 42.5 Å². The third-order valence-corrected chi connectivity index (χ3v) is 3.19. The molecule has 0 radical (unpaired) electrons. The number of rotatable bonds is 5. The Hall–Kier alpha value is -2.36. The van der Waals surface area contributed by atoms with E-state index >= 15 is 0 Å². The minimum absolute atomic E-state index is 0.193. The summed E-state index contributed by atoms with van der Waals surface area (Å²) >= 11 is 0. The zero-order chi connectivity index (χ0) is 15.4. The number of ether oxygens (including phenoxy) is 1. The Bertz CT molecular complexity index is 650. The monoisotopic (exact) mass is 288 g/mol. The number of carbonyl (C=O) groups is 1. The molecule has 110 valence electrons. The third-order valence-electron chi connectivity index (χ3n) is 3.19.